The van der Waals surface area contributed by atoms with E-state index in [2.05, 4.69) is 5.32 Å². The fourth-order valence-electron chi connectivity index (χ4n) is 1.11. The first-order valence-corrected chi connectivity index (χ1v) is 7.30. The number of halogens is 5. The van der Waals surface area contributed by atoms with Crippen molar-refractivity contribution >= 4 is 63.9 Å². The van der Waals surface area contributed by atoms with E-state index < -0.39 is 16.5 Å². The van der Waals surface area contributed by atoms with Crippen molar-refractivity contribution in [3.05, 3.63) is 28.2 Å². The first-order chi connectivity index (χ1) is 9.26. The Kier molecular flexibility index (Phi) is 6.98. The Morgan fingerprint density at radius 1 is 1.40 bits per heavy atom. The Morgan fingerprint density at radius 3 is 2.60 bits per heavy atom. The minimum atomic E-state index is -1.69. The van der Waals surface area contributed by atoms with Gasteiger partial charge >= 0.3 is 0 Å². The van der Waals surface area contributed by atoms with Crippen molar-refractivity contribution in [3.8, 4) is 5.75 Å². The minimum Gasteiger partial charge on any atom is -0.482 e. The molecule has 112 valence electrons. The van der Waals surface area contributed by atoms with Crippen LogP contribution in [0.4, 0.5) is 0 Å². The SMILES string of the molecule is O=C(COc1ccc(Cl)cc1Cl)NC(O)C(Cl)(Cl)CCl. The number of rotatable bonds is 6. The summed E-state index contributed by atoms with van der Waals surface area (Å²) in [6.07, 6.45) is -1.53. The number of alkyl halides is 3. The van der Waals surface area contributed by atoms with Crippen LogP contribution >= 0.6 is 58.0 Å². The van der Waals surface area contributed by atoms with Gasteiger partial charge in [-0.2, -0.15) is 0 Å². The second-order valence-corrected chi connectivity index (χ2v) is 6.38. The van der Waals surface area contributed by atoms with E-state index in [1.807, 2.05) is 0 Å². The first kappa shape index (κ1) is 18.0. The number of aliphatic hydroxyl groups excluding tert-OH is 1. The summed E-state index contributed by atoms with van der Waals surface area (Å²) in [6.45, 7) is -0.384. The molecule has 0 bridgehead atoms. The van der Waals surface area contributed by atoms with Crippen molar-refractivity contribution in [1.82, 2.24) is 5.32 Å². The highest BCUT2D eigenvalue weighted by molar-refractivity contribution is 6.52. The van der Waals surface area contributed by atoms with Gasteiger partial charge in [0.15, 0.2) is 17.2 Å². The molecule has 1 atom stereocenters. The number of carbonyl (C=O) groups is 1. The number of ether oxygens (including phenoxy) is 1. The number of nitrogens with one attached hydrogen (secondary N) is 1. The average Bonchev–Trinajstić information content (AvgIpc) is 2.37. The molecule has 2 N–H and O–H groups in total. The first-order valence-electron chi connectivity index (χ1n) is 5.25. The lowest BCUT2D eigenvalue weighted by Gasteiger charge is -2.24. The highest BCUT2D eigenvalue weighted by Gasteiger charge is 2.33. The molecule has 0 aliphatic rings. The lowest BCUT2D eigenvalue weighted by atomic mass is 10.3. The van der Waals surface area contributed by atoms with Crippen molar-refractivity contribution in [2.24, 2.45) is 0 Å². The Morgan fingerprint density at radius 2 is 2.05 bits per heavy atom. The van der Waals surface area contributed by atoms with Crippen LogP contribution in [0.2, 0.25) is 10.0 Å². The fourth-order valence-corrected chi connectivity index (χ4v) is 1.83. The van der Waals surface area contributed by atoms with E-state index in [0.29, 0.717) is 5.02 Å². The smallest absolute Gasteiger partial charge is 0.259 e. The van der Waals surface area contributed by atoms with Crippen LogP contribution in [0.15, 0.2) is 18.2 Å². The van der Waals surface area contributed by atoms with Crippen LogP contribution in [0.3, 0.4) is 0 Å². The molecule has 1 aromatic carbocycles. The molecule has 0 heterocycles. The Labute approximate surface area is 140 Å². The van der Waals surface area contributed by atoms with Crippen molar-refractivity contribution in [2.75, 3.05) is 12.5 Å². The number of carbonyl (C=O) groups excluding carboxylic acids is 1. The molecular weight excluding hydrogens is 371 g/mol. The van der Waals surface area contributed by atoms with Crippen LogP contribution in [0.5, 0.6) is 5.75 Å². The van der Waals surface area contributed by atoms with Crippen molar-refractivity contribution in [1.29, 1.82) is 0 Å². The van der Waals surface area contributed by atoms with Gasteiger partial charge in [-0.1, -0.05) is 46.4 Å². The van der Waals surface area contributed by atoms with E-state index in [-0.39, 0.29) is 23.3 Å². The average molecular weight is 381 g/mol. The van der Waals surface area contributed by atoms with Gasteiger partial charge in [0.1, 0.15) is 5.75 Å². The summed E-state index contributed by atoms with van der Waals surface area (Å²) in [5.41, 5.74) is 0. The van der Waals surface area contributed by atoms with E-state index in [1.54, 1.807) is 6.07 Å². The largest absolute Gasteiger partial charge is 0.482 e. The Bertz CT molecular complexity index is 483. The third kappa shape index (κ3) is 5.35. The van der Waals surface area contributed by atoms with E-state index in [4.69, 9.17) is 62.7 Å². The Balaban J connectivity index is 2.52. The van der Waals surface area contributed by atoms with Crippen LogP contribution in [0.25, 0.3) is 0 Å². The van der Waals surface area contributed by atoms with Crippen LogP contribution < -0.4 is 10.1 Å². The second-order valence-electron chi connectivity index (χ2n) is 3.73. The van der Waals surface area contributed by atoms with E-state index >= 15 is 0 Å². The van der Waals surface area contributed by atoms with Crippen molar-refractivity contribution in [2.45, 2.75) is 10.6 Å². The van der Waals surface area contributed by atoms with Gasteiger partial charge in [-0.15, -0.1) is 11.6 Å². The quantitative estimate of drug-likeness (QED) is 0.588. The third-order valence-electron chi connectivity index (χ3n) is 2.13. The maximum Gasteiger partial charge on any atom is 0.259 e. The third-order valence-corrected chi connectivity index (χ3v) is 4.03. The summed E-state index contributed by atoms with van der Waals surface area (Å²) >= 11 is 28.4. The maximum absolute atomic E-state index is 11.5. The summed E-state index contributed by atoms with van der Waals surface area (Å²) in [7, 11) is 0. The zero-order chi connectivity index (χ0) is 15.3. The van der Waals surface area contributed by atoms with E-state index in [9.17, 15) is 9.90 Å². The summed E-state index contributed by atoms with van der Waals surface area (Å²) in [6, 6.07) is 4.55. The lowest BCUT2D eigenvalue weighted by Crippen LogP contribution is -2.48. The van der Waals surface area contributed by atoms with Gasteiger partial charge in [-0.25, -0.2) is 0 Å². The van der Waals surface area contributed by atoms with E-state index in [0.717, 1.165) is 0 Å². The van der Waals surface area contributed by atoms with Gasteiger partial charge in [0, 0.05) is 5.02 Å². The summed E-state index contributed by atoms with van der Waals surface area (Å²) in [4.78, 5) is 11.5. The monoisotopic (exact) mass is 379 g/mol. The molecule has 0 aromatic heterocycles. The number of benzene rings is 1. The van der Waals surface area contributed by atoms with E-state index in [1.165, 1.54) is 12.1 Å². The number of hydrogen-bond donors (Lipinski definition) is 2. The molecule has 0 spiro atoms. The van der Waals surface area contributed by atoms with Gasteiger partial charge in [0.2, 0.25) is 0 Å². The summed E-state index contributed by atoms with van der Waals surface area (Å²) < 4.78 is 3.48. The Hall–Kier alpha value is -0.100. The van der Waals surface area contributed by atoms with Gasteiger partial charge in [-0.3, -0.25) is 4.79 Å². The molecule has 0 fully saturated rings. The fraction of sp³-hybridized carbons (Fsp3) is 0.364. The van der Waals surface area contributed by atoms with Crippen molar-refractivity contribution in [3.63, 3.8) is 0 Å². The normalized spacial score (nSPS) is 12.9. The van der Waals surface area contributed by atoms with Crippen LogP contribution in [-0.4, -0.2) is 34.1 Å². The zero-order valence-electron chi connectivity index (χ0n) is 9.88. The molecule has 0 radical (unpaired) electrons. The predicted octanol–water partition coefficient (Wildman–Crippen LogP) is 3.22. The minimum absolute atomic E-state index is 0.260. The standard InChI is InChI=1S/C11H10Cl5NO3/c12-5-11(15,16)10(19)17-9(18)4-20-8-2-1-6(13)3-7(8)14/h1-3,10,19H,4-5H2,(H,17,18). The highest BCUT2D eigenvalue weighted by Crippen LogP contribution is 2.28. The second kappa shape index (κ2) is 7.78. The number of amides is 1. The summed E-state index contributed by atoms with van der Waals surface area (Å²) in [5.74, 6) is -0.623. The van der Waals surface area contributed by atoms with Gasteiger partial charge in [-0.05, 0) is 18.2 Å². The molecule has 20 heavy (non-hydrogen) atoms. The maximum atomic E-state index is 11.5. The van der Waals surface area contributed by atoms with Gasteiger partial charge in [0.25, 0.3) is 5.91 Å². The zero-order valence-corrected chi connectivity index (χ0v) is 13.7. The van der Waals surface area contributed by atoms with Crippen LogP contribution in [0, 0.1) is 0 Å². The number of hydrogen-bond acceptors (Lipinski definition) is 3. The topological polar surface area (TPSA) is 58.6 Å². The summed E-state index contributed by atoms with van der Waals surface area (Å²) in [5, 5.41) is 12.4. The van der Waals surface area contributed by atoms with Gasteiger partial charge < -0.3 is 15.2 Å². The lowest BCUT2D eigenvalue weighted by molar-refractivity contribution is -0.126. The molecule has 0 aliphatic heterocycles. The molecule has 1 unspecified atom stereocenters. The molecule has 1 rings (SSSR count). The molecule has 0 saturated carbocycles. The highest BCUT2D eigenvalue weighted by atomic mass is 35.5. The molecule has 0 saturated heterocycles. The predicted molar refractivity (Wildman–Crippen MR) is 81.3 cm³/mol. The van der Waals surface area contributed by atoms with Crippen LogP contribution in [0.1, 0.15) is 0 Å². The van der Waals surface area contributed by atoms with Crippen molar-refractivity contribution < 1.29 is 14.6 Å². The molecule has 0 aliphatic carbocycles. The number of aliphatic hydroxyl groups is 1. The molecule has 1 aromatic rings. The van der Waals surface area contributed by atoms with Crippen LogP contribution in [-0.2, 0) is 4.79 Å². The van der Waals surface area contributed by atoms with Gasteiger partial charge in [0.05, 0.1) is 10.9 Å². The molecular formula is C11H10Cl5NO3. The molecule has 1 amide bonds. The molecule has 9 heteroatoms. The molecule has 4 nitrogen and oxygen atoms in total.